The van der Waals surface area contributed by atoms with Crippen LogP contribution in [0.25, 0.3) is 11.4 Å². The van der Waals surface area contributed by atoms with E-state index in [0.717, 1.165) is 28.2 Å². The molecule has 0 spiro atoms. The van der Waals surface area contributed by atoms with Crippen LogP contribution in [0.3, 0.4) is 0 Å². The van der Waals surface area contributed by atoms with Crippen molar-refractivity contribution in [2.24, 2.45) is 0 Å². The third kappa shape index (κ3) is 4.98. The minimum atomic E-state index is -0.492. The van der Waals surface area contributed by atoms with Crippen molar-refractivity contribution in [2.75, 3.05) is 5.32 Å². The average molecular weight is 441 g/mol. The van der Waals surface area contributed by atoms with Crippen molar-refractivity contribution in [2.45, 2.75) is 23.9 Å². The molecule has 0 saturated carbocycles. The van der Waals surface area contributed by atoms with Gasteiger partial charge < -0.3 is 5.32 Å². The minimum Gasteiger partial charge on any atom is -0.325 e. The summed E-state index contributed by atoms with van der Waals surface area (Å²) in [5.41, 5.74) is 3.77. The fourth-order valence-corrected chi connectivity index (χ4v) is 4.37. The molecule has 4 aromatic rings. The van der Waals surface area contributed by atoms with Gasteiger partial charge in [0, 0.05) is 17.8 Å². The Bertz CT molecular complexity index is 1190. The first kappa shape index (κ1) is 21.6. The van der Waals surface area contributed by atoms with Crippen LogP contribution < -0.4 is 5.32 Å². The van der Waals surface area contributed by atoms with Crippen LogP contribution >= 0.6 is 11.8 Å². The number of aryl methyl sites for hydroxylation is 1. The van der Waals surface area contributed by atoms with E-state index in [9.17, 15) is 4.79 Å². The van der Waals surface area contributed by atoms with Crippen LogP contribution in [0.1, 0.15) is 16.4 Å². The highest BCUT2D eigenvalue weighted by Crippen LogP contribution is 2.37. The third-order valence-corrected chi connectivity index (χ3v) is 6.18. The number of benzene rings is 3. The smallest absolute Gasteiger partial charge is 0.242 e. The van der Waals surface area contributed by atoms with Crippen molar-refractivity contribution in [1.29, 1.82) is 0 Å². The zero-order valence-electron chi connectivity index (χ0n) is 17.8. The molecule has 0 aliphatic rings. The summed E-state index contributed by atoms with van der Waals surface area (Å²) < 4.78 is 1.99. The van der Waals surface area contributed by atoms with Crippen molar-refractivity contribution in [3.63, 3.8) is 0 Å². The van der Waals surface area contributed by atoms with Crippen LogP contribution in [0.15, 0.2) is 103 Å². The Kier molecular flexibility index (Phi) is 6.82. The molecule has 0 aliphatic heterocycles. The van der Waals surface area contributed by atoms with Crippen LogP contribution in [0.2, 0.25) is 0 Å². The van der Waals surface area contributed by atoms with Gasteiger partial charge >= 0.3 is 0 Å². The van der Waals surface area contributed by atoms with Gasteiger partial charge in [0.25, 0.3) is 0 Å². The van der Waals surface area contributed by atoms with E-state index in [1.165, 1.54) is 11.8 Å². The molecule has 0 aliphatic carbocycles. The van der Waals surface area contributed by atoms with E-state index in [2.05, 4.69) is 22.1 Å². The topological polar surface area (TPSA) is 59.8 Å². The van der Waals surface area contributed by atoms with Gasteiger partial charge in [-0.3, -0.25) is 9.36 Å². The highest BCUT2D eigenvalue weighted by molar-refractivity contribution is 8.00. The van der Waals surface area contributed by atoms with E-state index in [1.807, 2.05) is 102 Å². The predicted molar refractivity (Wildman–Crippen MR) is 131 cm³/mol. The minimum absolute atomic E-state index is 0.112. The fourth-order valence-electron chi connectivity index (χ4n) is 3.32. The van der Waals surface area contributed by atoms with Gasteiger partial charge in [-0.2, -0.15) is 0 Å². The summed E-state index contributed by atoms with van der Waals surface area (Å²) in [7, 11) is 0. The first-order valence-corrected chi connectivity index (χ1v) is 11.2. The largest absolute Gasteiger partial charge is 0.325 e. The molecule has 3 aromatic carbocycles. The van der Waals surface area contributed by atoms with Crippen LogP contribution in [0.4, 0.5) is 5.69 Å². The number of aromatic nitrogens is 3. The molecule has 0 fully saturated rings. The third-order valence-electron chi connectivity index (χ3n) is 4.94. The van der Waals surface area contributed by atoms with Crippen molar-refractivity contribution in [3.8, 4) is 11.4 Å². The van der Waals surface area contributed by atoms with E-state index in [4.69, 9.17) is 0 Å². The molecule has 1 unspecified atom stereocenters. The molecule has 1 heterocycles. The standard InChI is InChI=1S/C26H24N4OS/c1-3-18-30-24(21-12-8-5-9-13-21)28-29-26(30)32-23(20-10-6-4-7-11-20)25(31)27-22-16-14-19(2)15-17-22/h3-17,23H,1,18H2,2H3,(H,27,31). The molecule has 1 N–H and O–H groups in total. The normalized spacial score (nSPS) is 11.7. The van der Waals surface area contributed by atoms with Gasteiger partial charge in [-0.05, 0) is 24.6 Å². The van der Waals surface area contributed by atoms with Gasteiger partial charge in [0.15, 0.2) is 11.0 Å². The maximum Gasteiger partial charge on any atom is 0.242 e. The number of thioether (sulfide) groups is 1. The quantitative estimate of drug-likeness (QED) is 0.273. The number of allylic oxidation sites excluding steroid dienone is 1. The molecule has 1 atom stereocenters. The van der Waals surface area contributed by atoms with Gasteiger partial charge in [0.2, 0.25) is 5.91 Å². The van der Waals surface area contributed by atoms with Crippen LogP contribution in [0, 0.1) is 6.92 Å². The predicted octanol–water partition coefficient (Wildman–Crippen LogP) is 5.91. The second-order valence-corrected chi connectivity index (χ2v) is 8.41. The molecule has 1 amide bonds. The number of hydrogen-bond donors (Lipinski definition) is 1. The summed E-state index contributed by atoms with van der Waals surface area (Å²) in [5, 5.41) is 12.1. The molecular formula is C26H24N4OS. The van der Waals surface area contributed by atoms with Crippen molar-refractivity contribution in [1.82, 2.24) is 14.8 Å². The number of hydrogen-bond acceptors (Lipinski definition) is 4. The van der Waals surface area contributed by atoms with Crippen LogP contribution in [-0.4, -0.2) is 20.7 Å². The summed E-state index contributed by atoms with van der Waals surface area (Å²) >= 11 is 1.38. The molecule has 6 heteroatoms. The lowest BCUT2D eigenvalue weighted by atomic mass is 10.1. The van der Waals surface area contributed by atoms with E-state index in [-0.39, 0.29) is 5.91 Å². The number of nitrogens with one attached hydrogen (secondary N) is 1. The number of amides is 1. The zero-order chi connectivity index (χ0) is 22.3. The van der Waals surface area contributed by atoms with Gasteiger partial charge in [-0.15, -0.1) is 16.8 Å². The summed E-state index contributed by atoms with van der Waals surface area (Å²) in [5.74, 6) is 0.637. The zero-order valence-corrected chi connectivity index (χ0v) is 18.6. The average Bonchev–Trinajstić information content (AvgIpc) is 3.22. The monoisotopic (exact) mass is 440 g/mol. The number of carbonyl (C=O) groups excluding carboxylic acids is 1. The van der Waals surface area contributed by atoms with Crippen molar-refractivity contribution in [3.05, 3.63) is 109 Å². The Morgan fingerprint density at radius 1 is 1.00 bits per heavy atom. The van der Waals surface area contributed by atoms with Crippen LogP contribution in [0.5, 0.6) is 0 Å². The highest BCUT2D eigenvalue weighted by Gasteiger charge is 2.26. The molecule has 160 valence electrons. The molecule has 4 rings (SSSR count). The Morgan fingerprint density at radius 3 is 2.31 bits per heavy atom. The molecule has 0 radical (unpaired) electrons. The Balaban J connectivity index is 1.67. The number of nitrogens with zero attached hydrogens (tertiary/aromatic N) is 3. The second-order valence-electron chi connectivity index (χ2n) is 7.34. The number of rotatable bonds is 8. The summed E-state index contributed by atoms with van der Waals surface area (Å²) in [6.07, 6.45) is 1.81. The molecule has 0 saturated heterocycles. The fraction of sp³-hybridized carbons (Fsp3) is 0.115. The SMILES string of the molecule is C=CCn1c(SC(C(=O)Nc2ccc(C)cc2)c2ccccc2)nnc1-c1ccccc1. The van der Waals surface area contributed by atoms with E-state index in [1.54, 1.807) is 0 Å². The molecule has 0 bridgehead atoms. The molecule has 1 aromatic heterocycles. The van der Waals surface area contributed by atoms with Crippen molar-refractivity contribution < 1.29 is 4.79 Å². The lowest BCUT2D eigenvalue weighted by Gasteiger charge is -2.17. The van der Waals surface area contributed by atoms with E-state index < -0.39 is 5.25 Å². The first-order valence-electron chi connectivity index (χ1n) is 10.3. The molecular weight excluding hydrogens is 416 g/mol. The lowest BCUT2D eigenvalue weighted by Crippen LogP contribution is -2.19. The Hall–Kier alpha value is -3.64. The Labute approximate surface area is 192 Å². The Morgan fingerprint density at radius 2 is 1.66 bits per heavy atom. The second kappa shape index (κ2) is 10.1. The summed E-state index contributed by atoms with van der Waals surface area (Å²) in [6, 6.07) is 27.4. The lowest BCUT2D eigenvalue weighted by molar-refractivity contribution is -0.115. The maximum absolute atomic E-state index is 13.3. The summed E-state index contributed by atoms with van der Waals surface area (Å²) in [4.78, 5) is 13.3. The maximum atomic E-state index is 13.3. The first-order chi connectivity index (χ1) is 15.7. The van der Waals surface area contributed by atoms with Gasteiger partial charge in [0.1, 0.15) is 5.25 Å². The van der Waals surface area contributed by atoms with E-state index >= 15 is 0 Å². The van der Waals surface area contributed by atoms with Crippen molar-refractivity contribution >= 4 is 23.4 Å². The van der Waals surface area contributed by atoms with Gasteiger partial charge in [0.05, 0.1) is 0 Å². The van der Waals surface area contributed by atoms with Gasteiger partial charge in [-0.1, -0.05) is 96.2 Å². The van der Waals surface area contributed by atoms with Gasteiger partial charge in [-0.25, -0.2) is 0 Å². The molecule has 5 nitrogen and oxygen atoms in total. The summed E-state index contributed by atoms with van der Waals surface area (Å²) in [6.45, 7) is 6.44. The van der Waals surface area contributed by atoms with Crippen LogP contribution in [-0.2, 0) is 11.3 Å². The number of carbonyl (C=O) groups is 1. The highest BCUT2D eigenvalue weighted by atomic mass is 32.2. The number of anilines is 1. The molecule has 32 heavy (non-hydrogen) atoms. The van der Waals surface area contributed by atoms with E-state index in [0.29, 0.717) is 11.7 Å².